The van der Waals surface area contributed by atoms with Crippen molar-refractivity contribution in [3.05, 3.63) is 76.3 Å². The van der Waals surface area contributed by atoms with E-state index in [4.69, 9.17) is 11.6 Å². The highest BCUT2D eigenvalue weighted by atomic mass is 35.5. The molecule has 2 aromatic rings. The third-order valence-electron chi connectivity index (χ3n) is 4.59. The molecule has 2 heteroatoms. The number of carbonyl (C=O) groups is 1. The maximum Gasteiger partial charge on any atom is 0.185 e. The van der Waals surface area contributed by atoms with Crippen molar-refractivity contribution in [2.24, 2.45) is 0 Å². The fourth-order valence-electron chi connectivity index (χ4n) is 3.23. The van der Waals surface area contributed by atoms with Gasteiger partial charge in [-0.05, 0) is 48.1 Å². The Labute approximate surface area is 143 Å². The van der Waals surface area contributed by atoms with E-state index >= 15 is 0 Å². The average molecular weight is 325 g/mol. The summed E-state index contributed by atoms with van der Waals surface area (Å²) < 4.78 is 0. The summed E-state index contributed by atoms with van der Waals surface area (Å²) in [6.45, 7) is 0. The Morgan fingerprint density at radius 2 is 1.65 bits per heavy atom. The number of hydrogen-bond donors (Lipinski definition) is 0. The molecule has 0 saturated heterocycles. The second kappa shape index (κ2) is 7.61. The van der Waals surface area contributed by atoms with Crippen LogP contribution in [0.1, 0.15) is 59.5 Å². The first-order chi connectivity index (χ1) is 11.2. The minimum absolute atomic E-state index is 0.0140. The molecule has 1 fully saturated rings. The van der Waals surface area contributed by atoms with Crippen LogP contribution in [0.2, 0.25) is 5.02 Å². The smallest absolute Gasteiger partial charge is 0.185 e. The Morgan fingerprint density at radius 3 is 2.35 bits per heavy atom. The van der Waals surface area contributed by atoms with Gasteiger partial charge < -0.3 is 0 Å². The lowest BCUT2D eigenvalue weighted by Gasteiger charge is -2.21. The molecule has 118 valence electrons. The number of carbonyl (C=O) groups excluding carboxylic acids is 1. The van der Waals surface area contributed by atoms with Gasteiger partial charge >= 0.3 is 0 Å². The molecule has 0 N–H and O–H groups in total. The number of hydrogen-bond acceptors (Lipinski definition) is 1. The Kier molecular flexibility index (Phi) is 5.30. The van der Waals surface area contributed by atoms with Crippen LogP contribution in [0.25, 0.3) is 6.08 Å². The van der Waals surface area contributed by atoms with Crippen molar-refractivity contribution in [3.63, 3.8) is 0 Å². The molecule has 2 aromatic carbocycles. The van der Waals surface area contributed by atoms with Gasteiger partial charge in [-0.3, -0.25) is 4.79 Å². The second-order valence-corrected chi connectivity index (χ2v) is 6.58. The third-order valence-corrected chi connectivity index (χ3v) is 4.94. The van der Waals surface area contributed by atoms with Gasteiger partial charge in [0.2, 0.25) is 0 Å². The molecule has 0 unspecified atom stereocenters. The summed E-state index contributed by atoms with van der Waals surface area (Å²) in [6, 6.07) is 15.6. The molecule has 1 aliphatic carbocycles. The molecule has 23 heavy (non-hydrogen) atoms. The molecule has 0 aliphatic heterocycles. The van der Waals surface area contributed by atoms with Gasteiger partial charge in [0.05, 0.1) is 0 Å². The Balaban J connectivity index is 1.69. The SMILES string of the molecule is O=C(C=Cc1ccccc1Cl)c1ccc(C2CCCCC2)cc1. The maximum absolute atomic E-state index is 12.3. The highest BCUT2D eigenvalue weighted by Gasteiger charge is 2.15. The fraction of sp³-hybridized carbons (Fsp3) is 0.286. The Morgan fingerprint density at radius 1 is 0.957 bits per heavy atom. The van der Waals surface area contributed by atoms with Crippen molar-refractivity contribution < 1.29 is 4.79 Å². The van der Waals surface area contributed by atoms with E-state index in [1.165, 1.54) is 37.7 Å². The number of halogens is 1. The summed E-state index contributed by atoms with van der Waals surface area (Å²) in [5.74, 6) is 0.687. The molecule has 0 bridgehead atoms. The van der Waals surface area contributed by atoms with Crippen LogP contribution in [-0.2, 0) is 0 Å². The van der Waals surface area contributed by atoms with Crippen LogP contribution >= 0.6 is 11.6 Å². The monoisotopic (exact) mass is 324 g/mol. The summed E-state index contributed by atoms with van der Waals surface area (Å²) in [4.78, 5) is 12.3. The first-order valence-corrected chi connectivity index (χ1v) is 8.69. The zero-order chi connectivity index (χ0) is 16.1. The average Bonchev–Trinajstić information content (AvgIpc) is 2.62. The van der Waals surface area contributed by atoms with Gasteiger partial charge in [0, 0.05) is 10.6 Å². The Bertz CT molecular complexity index is 694. The van der Waals surface area contributed by atoms with Crippen molar-refractivity contribution in [2.75, 3.05) is 0 Å². The van der Waals surface area contributed by atoms with Gasteiger partial charge in [-0.25, -0.2) is 0 Å². The van der Waals surface area contributed by atoms with E-state index in [0.717, 1.165) is 11.1 Å². The van der Waals surface area contributed by atoms with E-state index in [9.17, 15) is 4.79 Å². The van der Waals surface area contributed by atoms with Crippen LogP contribution in [0.4, 0.5) is 0 Å². The van der Waals surface area contributed by atoms with Gasteiger partial charge in [-0.2, -0.15) is 0 Å². The molecule has 0 spiro atoms. The third kappa shape index (κ3) is 4.11. The van der Waals surface area contributed by atoms with Crippen molar-refractivity contribution >= 4 is 23.5 Å². The van der Waals surface area contributed by atoms with Gasteiger partial charge in [0.25, 0.3) is 0 Å². The Hall–Kier alpha value is -1.86. The van der Waals surface area contributed by atoms with E-state index in [2.05, 4.69) is 12.1 Å². The predicted molar refractivity (Wildman–Crippen MR) is 97.1 cm³/mol. The summed E-state index contributed by atoms with van der Waals surface area (Å²) in [5, 5.41) is 0.657. The largest absolute Gasteiger partial charge is 0.289 e. The van der Waals surface area contributed by atoms with Gasteiger partial charge in [0.1, 0.15) is 0 Å². The van der Waals surface area contributed by atoms with E-state index < -0.39 is 0 Å². The van der Waals surface area contributed by atoms with Crippen molar-refractivity contribution in [2.45, 2.75) is 38.0 Å². The quantitative estimate of drug-likeness (QED) is 0.477. The number of ketones is 1. The van der Waals surface area contributed by atoms with Crippen LogP contribution < -0.4 is 0 Å². The normalized spacial score (nSPS) is 15.9. The summed E-state index contributed by atoms with van der Waals surface area (Å²) in [7, 11) is 0. The van der Waals surface area contributed by atoms with Crippen LogP contribution in [0.3, 0.4) is 0 Å². The van der Waals surface area contributed by atoms with Crippen molar-refractivity contribution in [3.8, 4) is 0 Å². The van der Waals surface area contributed by atoms with Crippen LogP contribution in [0.5, 0.6) is 0 Å². The standard InChI is InChI=1S/C21H21ClO/c22-20-9-5-4-8-18(20)14-15-21(23)19-12-10-17(11-13-19)16-6-2-1-3-7-16/h4-5,8-16H,1-3,6-7H2. The van der Waals surface area contributed by atoms with Crippen molar-refractivity contribution in [1.82, 2.24) is 0 Å². The van der Waals surface area contributed by atoms with Gasteiger partial charge in [0.15, 0.2) is 5.78 Å². The lowest BCUT2D eigenvalue weighted by atomic mass is 9.84. The zero-order valence-electron chi connectivity index (χ0n) is 13.2. The molecule has 0 amide bonds. The summed E-state index contributed by atoms with van der Waals surface area (Å²) >= 11 is 6.10. The minimum Gasteiger partial charge on any atom is -0.289 e. The van der Waals surface area contributed by atoms with Gasteiger partial charge in [-0.1, -0.05) is 73.3 Å². The lowest BCUT2D eigenvalue weighted by Crippen LogP contribution is -2.05. The second-order valence-electron chi connectivity index (χ2n) is 6.18. The molecule has 0 atom stereocenters. The fourth-order valence-corrected chi connectivity index (χ4v) is 3.43. The first-order valence-electron chi connectivity index (χ1n) is 8.31. The first kappa shape index (κ1) is 16.0. The molecule has 1 aliphatic rings. The highest BCUT2D eigenvalue weighted by molar-refractivity contribution is 6.32. The molecule has 1 nitrogen and oxygen atoms in total. The van der Waals surface area contributed by atoms with E-state index in [0.29, 0.717) is 10.9 Å². The molecule has 0 aromatic heterocycles. The zero-order valence-corrected chi connectivity index (χ0v) is 13.9. The maximum atomic E-state index is 12.3. The number of benzene rings is 2. The van der Waals surface area contributed by atoms with Crippen molar-refractivity contribution in [1.29, 1.82) is 0 Å². The predicted octanol–water partition coefficient (Wildman–Crippen LogP) is 6.28. The number of rotatable bonds is 4. The molecular formula is C21H21ClO. The lowest BCUT2D eigenvalue weighted by molar-refractivity contribution is 0.104. The minimum atomic E-state index is 0.0140. The summed E-state index contributed by atoms with van der Waals surface area (Å²) in [5.41, 5.74) is 2.96. The summed E-state index contributed by atoms with van der Waals surface area (Å²) in [6.07, 6.45) is 9.94. The van der Waals surface area contributed by atoms with Gasteiger partial charge in [-0.15, -0.1) is 0 Å². The molecule has 3 rings (SSSR count). The molecule has 1 saturated carbocycles. The highest BCUT2D eigenvalue weighted by Crippen LogP contribution is 2.32. The topological polar surface area (TPSA) is 17.1 Å². The van der Waals surface area contributed by atoms with Crippen LogP contribution in [-0.4, -0.2) is 5.78 Å². The molecule has 0 radical (unpaired) electrons. The molecule has 0 heterocycles. The van der Waals surface area contributed by atoms with E-state index in [-0.39, 0.29) is 5.78 Å². The van der Waals surface area contributed by atoms with E-state index in [1.807, 2.05) is 36.4 Å². The molecular weight excluding hydrogens is 304 g/mol. The van der Waals surface area contributed by atoms with E-state index in [1.54, 1.807) is 12.2 Å². The van der Waals surface area contributed by atoms with Crippen LogP contribution in [0, 0.1) is 0 Å². The number of allylic oxidation sites excluding steroid dienone is 1. The van der Waals surface area contributed by atoms with Crippen LogP contribution in [0.15, 0.2) is 54.6 Å².